The minimum atomic E-state index is -0.899. The van der Waals surface area contributed by atoms with E-state index in [0.29, 0.717) is 16.7 Å². The quantitative estimate of drug-likeness (QED) is 0.270. The topological polar surface area (TPSA) is 91.7 Å². The van der Waals surface area contributed by atoms with Crippen molar-refractivity contribution in [2.75, 3.05) is 0 Å². The summed E-state index contributed by atoms with van der Waals surface area (Å²) in [5.41, 5.74) is 4.98. The molecule has 2 unspecified atom stereocenters. The van der Waals surface area contributed by atoms with Crippen LogP contribution in [0.3, 0.4) is 0 Å². The number of hydrogen-bond donors (Lipinski definition) is 2. The molecule has 0 aliphatic carbocycles. The first-order chi connectivity index (χ1) is 17.8. The Morgan fingerprint density at radius 1 is 0.568 bits per heavy atom. The van der Waals surface area contributed by atoms with Crippen molar-refractivity contribution in [3.8, 4) is 0 Å². The van der Waals surface area contributed by atoms with Gasteiger partial charge < -0.3 is 10.2 Å². The van der Waals surface area contributed by atoms with E-state index in [9.17, 15) is 14.4 Å². The molecule has 0 heterocycles. The van der Waals surface area contributed by atoms with Crippen molar-refractivity contribution in [2.24, 2.45) is 0 Å². The van der Waals surface area contributed by atoms with Crippen LogP contribution in [0.5, 0.6) is 0 Å². The van der Waals surface area contributed by atoms with Crippen molar-refractivity contribution in [3.05, 3.63) is 143 Å². The van der Waals surface area contributed by atoms with E-state index < -0.39 is 23.8 Å². The van der Waals surface area contributed by atoms with Crippen molar-refractivity contribution in [1.82, 2.24) is 0 Å². The number of aliphatic carboxylic acids is 2. The summed E-state index contributed by atoms with van der Waals surface area (Å²) in [6, 6.07) is 33.7. The van der Waals surface area contributed by atoms with Crippen LogP contribution in [0.4, 0.5) is 0 Å². The van der Waals surface area contributed by atoms with Gasteiger partial charge >= 0.3 is 11.9 Å². The second-order valence-corrected chi connectivity index (χ2v) is 8.85. The third-order valence-electron chi connectivity index (χ3n) is 6.13. The smallest absolute Gasteiger partial charge is 0.310 e. The molecule has 188 valence electrons. The van der Waals surface area contributed by atoms with Crippen molar-refractivity contribution < 1.29 is 24.6 Å². The number of ketones is 1. The van der Waals surface area contributed by atoms with Crippen LogP contribution in [0.2, 0.25) is 0 Å². The zero-order chi connectivity index (χ0) is 26.8. The lowest BCUT2D eigenvalue weighted by Crippen LogP contribution is -2.09. The second kappa shape index (κ2) is 13.0. The molecule has 0 bridgehead atoms. The summed E-state index contributed by atoms with van der Waals surface area (Å²) in [6.45, 7) is 3.32. The lowest BCUT2D eigenvalue weighted by Gasteiger charge is -2.09. The van der Waals surface area contributed by atoms with E-state index in [-0.39, 0.29) is 5.78 Å². The molecule has 0 amide bonds. The number of carbonyl (C=O) groups excluding carboxylic acids is 1. The zero-order valence-electron chi connectivity index (χ0n) is 20.9. The predicted octanol–water partition coefficient (Wildman–Crippen LogP) is 6.57. The van der Waals surface area contributed by atoms with Gasteiger partial charge in [0.25, 0.3) is 0 Å². The lowest BCUT2D eigenvalue weighted by molar-refractivity contribution is -0.139. The van der Waals surface area contributed by atoms with E-state index in [0.717, 1.165) is 17.5 Å². The summed E-state index contributed by atoms with van der Waals surface area (Å²) in [4.78, 5) is 34.2. The molecule has 0 radical (unpaired) electrons. The van der Waals surface area contributed by atoms with Crippen LogP contribution in [0.25, 0.3) is 0 Å². The molecule has 4 aromatic carbocycles. The summed E-state index contributed by atoms with van der Waals surface area (Å²) >= 11 is 0. The number of carbonyl (C=O) groups is 3. The normalized spacial score (nSPS) is 11.9. The minimum Gasteiger partial charge on any atom is -0.481 e. The SMILES string of the molecule is CC(C(=O)O)c1cccc(C(=O)c2ccccc2)c1.CC(C(=O)O)c1cccc(Cc2ccccc2)c1. The van der Waals surface area contributed by atoms with Crippen LogP contribution in [-0.2, 0) is 16.0 Å². The highest BCUT2D eigenvalue weighted by Crippen LogP contribution is 2.20. The molecule has 5 nitrogen and oxygen atoms in total. The Morgan fingerprint density at radius 3 is 1.59 bits per heavy atom. The summed E-state index contributed by atoms with van der Waals surface area (Å²) < 4.78 is 0. The van der Waals surface area contributed by atoms with E-state index >= 15 is 0 Å². The fraction of sp³-hybridized carbons (Fsp3) is 0.156. The lowest BCUT2D eigenvalue weighted by atomic mass is 9.96. The molecule has 37 heavy (non-hydrogen) atoms. The van der Waals surface area contributed by atoms with Crippen LogP contribution < -0.4 is 0 Å². The molecule has 2 N–H and O–H groups in total. The number of benzene rings is 4. The maximum absolute atomic E-state index is 12.2. The highest BCUT2D eigenvalue weighted by Gasteiger charge is 2.16. The number of rotatable bonds is 8. The summed E-state index contributed by atoms with van der Waals surface area (Å²) in [5.74, 6) is -2.86. The third kappa shape index (κ3) is 7.74. The van der Waals surface area contributed by atoms with Gasteiger partial charge in [0.1, 0.15) is 0 Å². The van der Waals surface area contributed by atoms with Gasteiger partial charge in [0, 0.05) is 11.1 Å². The van der Waals surface area contributed by atoms with Gasteiger partial charge in [-0.1, -0.05) is 103 Å². The number of carboxylic acids is 2. The number of carboxylic acid groups (broad SMARTS) is 2. The average molecular weight is 495 g/mol. The summed E-state index contributed by atoms with van der Waals surface area (Å²) in [6.07, 6.45) is 0.834. The first-order valence-corrected chi connectivity index (χ1v) is 12.0. The van der Waals surface area contributed by atoms with Crippen LogP contribution in [0, 0.1) is 0 Å². The Labute approximate surface area is 217 Å². The molecule has 4 rings (SSSR count). The van der Waals surface area contributed by atoms with E-state index in [4.69, 9.17) is 10.2 Å². The molecular weight excluding hydrogens is 464 g/mol. The highest BCUT2D eigenvalue weighted by atomic mass is 16.4. The standard InChI is InChI=1S/C16H14O3.C16H16O2/c1-11(16(18)19)13-8-5-9-14(10-13)15(17)12-6-3-2-4-7-12;1-12(16(17)18)15-9-5-8-14(11-15)10-13-6-3-2-4-7-13/h2-11H,1H3,(H,18,19);2-9,11-12H,10H2,1H3,(H,17,18). The first kappa shape index (κ1) is 27.1. The van der Waals surface area contributed by atoms with Crippen molar-refractivity contribution in [1.29, 1.82) is 0 Å². The molecule has 5 heteroatoms. The van der Waals surface area contributed by atoms with Crippen LogP contribution in [-0.4, -0.2) is 27.9 Å². The summed E-state index contributed by atoms with van der Waals surface area (Å²) in [7, 11) is 0. The van der Waals surface area contributed by atoms with Crippen molar-refractivity contribution >= 4 is 17.7 Å². The molecule has 0 aliphatic heterocycles. The molecule has 0 aromatic heterocycles. The fourth-order valence-electron chi connectivity index (χ4n) is 3.79. The van der Waals surface area contributed by atoms with Gasteiger partial charge in [-0.05, 0) is 48.6 Å². The Balaban J connectivity index is 0.000000206. The third-order valence-corrected chi connectivity index (χ3v) is 6.13. The molecular formula is C32H30O5. The first-order valence-electron chi connectivity index (χ1n) is 12.0. The Morgan fingerprint density at radius 2 is 1.03 bits per heavy atom. The predicted molar refractivity (Wildman–Crippen MR) is 144 cm³/mol. The molecule has 0 spiro atoms. The average Bonchev–Trinajstić information content (AvgIpc) is 2.93. The van der Waals surface area contributed by atoms with Gasteiger partial charge in [-0.15, -0.1) is 0 Å². The Bertz CT molecular complexity index is 1350. The van der Waals surface area contributed by atoms with Gasteiger partial charge in [0.15, 0.2) is 5.78 Å². The van der Waals surface area contributed by atoms with Crippen molar-refractivity contribution in [2.45, 2.75) is 32.1 Å². The molecule has 0 fully saturated rings. The highest BCUT2D eigenvalue weighted by molar-refractivity contribution is 6.09. The molecule has 0 aliphatic rings. The largest absolute Gasteiger partial charge is 0.481 e. The molecule has 2 atom stereocenters. The summed E-state index contributed by atoms with van der Waals surface area (Å²) in [5, 5.41) is 18.0. The van der Waals surface area contributed by atoms with Crippen molar-refractivity contribution in [3.63, 3.8) is 0 Å². The maximum Gasteiger partial charge on any atom is 0.310 e. The zero-order valence-corrected chi connectivity index (χ0v) is 20.9. The maximum atomic E-state index is 12.2. The van der Waals surface area contributed by atoms with Crippen LogP contribution in [0.15, 0.2) is 109 Å². The Hall–Kier alpha value is -4.51. The van der Waals surface area contributed by atoms with E-state index in [1.807, 2.05) is 48.5 Å². The van der Waals surface area contributed by atoms with E-state index in [1.54, 1.807) is 62.4 Å². The van der Waals surface area contributed by atoms with E-state index in [1.165, 1.54) is 5.56 Å². The van der Waals surface area contributed by atoms with Gasteiger partial charge in [0.2, 0.25) is 0 Å². The second-order valence-electron chi connectivity index (χ2n) is 8.85. The minimum absolute atomic E-state index is 0.0972. The molecule has 0 saturated heterocycles. The monoisotopic (exact) mass is 494 g/mol. The molecule has 0 saturated carbocycles. The number of hydrogen-bond acceptors (Lipinski definition) is 3. The van der Waals surface area contributed by atoms with Crippen LogP contribution >= 0.6 is 0 Å². The van der Waals surface area contributed by atoms with Gasteiger partial charge in [0.05, 0.1) is 11.8 Å². The van der Waals surface area contributed by atoms with Gasteiger partial charge in [-0.2, -0.15) is 0 Å². The van der Waals surface area contributed by atoms with E-state index in [2.05, 4.69) is 12.1 Å². The Kier molecular flexibility index (Phi) is 9.50. The van der Waals surface area contributed by atoms with Gasteiger partial charge in [-0.3, -0.25) is 14.4 Å². The fourth-order valence-corrected chi connectivity index (χ4v) is 3.79. The van der Waals surface area contributed by atoms with Crippen LogP contribution in [0.1, 0.15) is 63.9 Å². The molecule has 4 aromatic rings. The van der Waals surface area contributed by atoms with Gasteiger partial charge in [-0.25, -0.2) is 0 Å².